The lowest BCUT2D eigenvalue weighted by Crippen LogP contribution is -2.39. The maximum absolute atomic E-state index is 13.5. The molecule has 6 heteroatoms. The fourth-order valence-electron chi connectivity index (χ4n) is 3.01. The van der Waals surface area contributed by atoms with Crippen LogP contribution in [0.1, 0.15) is 33.1 Å². The first-order valence-electron chi connectivity index (χ1n) is 8.53. The molecule has 1 aromatic rings. The van der Waals surface area contributed by atoms with Crippen LogP contribution in [0.3, 0.4) is 0 Å². The van der Waals surface area contributed by atoms with Crippen molar-refractivity contribution < 1.29 is 18.3 Å². The van der Waals surface area contributed by atoms with Gasteiger partial charge in [-0.3, -0.25) is 4.79 Å². The topological polar surface area (TPSA) is 50.4 Å². The van der Waals surface area contributed by atoms with Gasteiger partial charge in [-0.1, -0.05) is 6.92 Å². The number of carbonyl (C=O) groups is 1. The minimum Gasteiger partial charge on any atom is -0.488 e. The number of nitrogens with one attached hydrogen (secondary N) is 2. The molecule has 1 amide bonds. The van der Waals surface area contributed by atoms with Crippen molar-refractivity contribution >= 4 is 5.91 Å². The Kier molecular flexibility index (Phi) is 6.97. The van der Waals surface area contributed by atoms with E-state index >= 15 is 0 Å². The van der Waals surface area contributed by atoms with Gasteiger partial charge in [0.05, 0.1) is 6.04 Å². The quantitative estimate of drug-likeness (QED) is 0.802. The first-order valence-corrected chi connectivity index (χ1v) is 8.53. The van der Waals surface area contributed by atoms with Crippen LogP contribution in [0.5, 0.6) is 5.75 Å². The summed E-state index contributed by atoms with van der Waals surface area (Å²) in [7, 11) is 0. The van der Waals surface area contributed by atoms with E-state index in [9.17, 15) is 13.6 Å². The average Bonchev–Trinajstić information content (AvgIpc) is 2.54. The molecule has 4 nitrogen and oxygen atoms in total. The Morgan fingerprint density at radius 2 is 2.21 bits per heavy atom. The molecule has 1 heterocycles. The third-order valence-electron chi connectivity index (χ3n) is 4.44. The zero-order valence-corrected chi connectivity index (χ0v) is 14.3. The van der Waals surface area contributed by atoms with E-state index in [1.54, 1.807) is 6.92 Å². The van der Waals surface area contributed by atoms with Crippen molar-refractivity contribution in [3.8, 4) is 5.75 Å². The fraction of sp³-hybridized carbons (Fsp3) is 0.611. The fourth-order valence-corrected chi connectivity index (χ4v) is 3.01. The van der Waals surface area contributed by atoms with Crippen LogP contribution in [0.15, 0.2) is 18.2 Å². The summed E-state index contributed by atoms with van der Waals surface area (Å²) in [4.78, 5) is 12.1. The zero-order chi connectivity index (χ0) is 17.5. The molecule has 1 aliphatic rings. The smallest absolute Gasteiger partial charge is 0.220 e. The van der Waals surface area contributed by atoms with Crippen molar-refractivity contribution in [1.29, 1.82) is 0 Å². The predicted molar refractivity (Wildman–Crippen MR) is 88.8 cm³/mol. The molecule has 0 spiro atoms. The third kappa shape index (κ3) is 5.74. The van der Waals surface area contributed by atoms with Crippen molar-refractivity contribution in [3.63, 3.8) is 0 Å². The summed E-state index contributed by atoms with van der Waals surface area (Å²) in [5, 5.41) is 6.23. The first-order chi connectivity index (χ1) is 11.5. The molecule has 1 fully saturated rings. The molecule has 0 bridgehead atoms. The van der Waals surface area contributed by atoms with Gasteiger partial charge in [0, 0.05) is 12.5 Å². The molecule has 2 N–H and O–H groups in total. The lowest BCUT2D eigenvalue weighted by Gasteiger charge is -2.28. The second-order valence-corrected chi connectivity index (χ2v) is 6.64. The van der Waals surface area contributed by atoms with Gasteiger partial charge < -0.3 is 15.4 Å². The van der Waals surface area contributed by atoms with Crippen LogP contribution in [0.2, 0.25) is 0 Å². The summed E-state index contributed by atoms with van der Waals surface area (Å²) in [6, 6.07) is 2.91. The van der Waals surface area contributed by atoms with E-state index in [1.807, 2.05) is 0 Å². The van der Waals surface area contributed by atoms with Gasteiger partial charge in [-0.2, -0.15) is 0 Å². The molecule has 1 aliphatic heterocycles. The standard InChI is InChI=1S/C18H26F2N2O2/c1-12(14-4-3-7-21-10-14)8-18(23)22-13(2)11-24-17-6-5-15(19)9-16(17)20/h5-6,9,12-14,21H,3-4,7-8,10-11H2,1-2H3,(H,22,23). The number of hydrogen-bond acceptors (Lipinski definition) is 3. The van der Waals surface area contributed by atoms with Crippen LogP contribution in [0.4, 0.5) is 8.78 Å². The third-order valence-corrected chi connectivity index (χ3v) is 4.44. The van der Waals surface area contributed by atoms with Crippen LogP contribution in [0.25, 0.3) is 0 Å². The minimum atomic E-state index is -0.744. The summed E-state index contributed by atoms with van der Waals surface area (Å²) >= 11 is 0. The lowest BCUT2D eigenvalue weighted by atomic mass is 9.85. The molecule has 3 atom stereocenters. The number of rotatable bonds is 7. The zero-order valence-electron chi connectivity index (χ0n) is 14.3. The summed E-state index contributed by atoms with van der Waals surface area (Å²) in [6.45, 7) is 6.06. The number of halogens is 2. The summed E-state index contributed by atoms with van der Waals surface area (Å²) < 4.78 is 31.6. The minimum absolute atomic E-state index is 0.0147. The molecular formula is C18H26F2N2O2. The molecule has 1 saturated heterocycles. The van der Waals surface area contributed by atoms with Gasteiger partial charge in [0.25, 0.3) is 0 Å². The molecular weight excluding hydrogens is 314 g/mol. The summed E-state index contributed by atoms with van der Waals surface area (Å²) in [5.74, 6) is -0.577. The number of hydrogen-bond donors (Lipinski definition) is 2. The summed E-state index contributed by atoms with van der Waals surface area (Å²) in [6.07, 6.45) is 2.79. The Bertz CT molecular complexity index is 548. The number of amides is 1. The van der Waals surface area contributed by atoms with Crippen molar-refractivity contribution in [1.82, 2.24) is 10.6 Å². The van der Waals surface area contributed by atoms with Crippen LogP contribution in [-0.4, -0.2) is 31.6 Å². The molecule has 24 heavy (non-hydrogen) atoms. The number of ether oxygens (including phenoxy) is 1. The van der Waals surface area contributed by atoms with E-state index in [2.05, 4.69) is 17.6 Å². The van der Waals surface area contributed by atoms with E-state index < -0.39 is 11.6 Å². The van der Waals surface area contributed by atoms with Crippen molar-refractivity contribution in [2.75, 3.05) is 19.7 Å². The molecule has 0 radical (unpaired) electrons. The van der Waals surface area contributed by atoms with Gasteiger partial charge in [0.15, 0.2) is 11.6 Å². The van der Waals surface area contributed by atoms with Gasteiger partial charge >= 0.3 is 0 Å². The molecule has 134 valence electrons. The number of carbonyl (C=O) groups excluding carboxylic acids is 1. The maximum Gasteiger partial charge on any atom is 0.220 e. The van der Waals surface area contributed by atoms with Crippen molar-refractivity contribution in [2.24, 2.45) is 11.8 Å². The number of benzene rings is 1. The highest BCUT2D eigenvalue weighted by Crippen LogP contribution is 2.22. The van der Waals surface area contributed by atoms with Crippen LogP contribution in [0, 0.1) is 23.5 Å². The Morgan fingerprint density at radius 3 is 2.88 bits per heavy atom. The first kappa shape index (κ1) is 18.6. The number of piperidine rings is 1. The molecule has 0 aromatic heterocycles. The van der Waals surface area contributed by atoms with Gasteiger partial charge in [-0.05, 0) is 56.8 Å². The monoisotopic (exact) mass is 340 g/mol. The van der Waals surface area contributed by atoms with Crippen molar-refractivity contribution in [2.45, 2.75) is 39.2 Å². The Hall–Kier alpha value is -1.69. The summed E-state index contributed by atoms with van der Waals surface area (Å²) in [5.41, 5.74) is 0. The average molecular weight is 340 g/mol. The Morgan fingerprint density at radius 1 is 1.42 bits per heavy atom. The molecule has 3 unspecified atom stereocenters. The van der Waals surface area contributed by atoms with Gasteiger partial charge in [0.1, 0.15) is 12.4 Å². The molecule has 2 rings (SSSR count). The van der Waals surface area contributed by atoms with Gasteiger partial charge in [-0.25, -0.2) is 8.78 Å². The Labute approximate surface area is 142 Å². The van der Waals surface area contributed by atoms with E-state index in [1.165, 1.54) is 6.07 Å². The molecule has 0 aliphatic carbocycles. The van der Waals surface area contributed by atoms with Crippen LogP contribution < -0.4 is 15.4 Å². The lowest BCUT2D eigenvalue weighted by molar-refractivity contribution is -0.123. The van der Waals surface area contributed by atoms with E-state index in [4.69, 9.17) is 4.74 Å². The normalized spacial score (nSPS) is 20.2. The highest BCUT2D eigenvalue weighted by Gasteiger charge is 2.22. The van der Waals surface area contributed by atoms with E-state index in [0.717, 1.165) is 38.1 Å². The van der Waals surface area contributed by atoms with E-state index in [-0.39, 0.29) is 24.3 Å². The molecule has 1 aromatic carbocycles. The second-order valence-electron chi connectivity index (χ2n) is 6.64. The highest BCUT2D eigenvalue weighted by molar-refractivity contribution is 5.76. The largest absolute Gasteiger partial charge is 0.488 e. The van der Waals surface area contributed by atoms with Crippen LogP contribution >= 0.6 is 0 Å². The van der Waals surface area contributed by atoms with Crippen LogP contribution in [-0.2, 0) is 4.79 Å². The highest BCUT2D eigenvalue weighted by atomic mass is 19.1. The van der Waals surface area contributed by atoms with Gasteiger partial charge in [0.2, 0.25) is 5.91 Å². The van der Waals surface area contributed by atoms with E-state index in [0.29, 0.717) is 18.3 Å². The molecule has 0 saturated carbocycles. The Balaban J connectivity index is 1.72. The second kappa shape index (κ2) is 8.97. The predicted octanol–water partition coefficient (Wildman–Crippen LogP) is 2.87. The maximum atomic E-state index is 13.5. The SMILES string of the molecule is CC(COc1ccc(F)cc1F)NC(=O)CC(C)C1CCCNC1. The van der Waals surface area contributed by atoms with Gasteiger partial charge in [-0.15, -0.1) is 0 Å². The van der Waals surface area contributed by atoms with Crippen molar-refractivity contribution in [3.05, 3.63) is 29.8 Å².